The number of hydrogen-bond acceptors (Lipinski definition) is 2. The average molecular weight is 656 g/mol. The molecule has 0 N–H and O–H groups in total. The summed E-state index contributed by atoms with van der Waals surface area (Å²) in [5.74, 6) is 103. The van der Waals surface area contributed by atoms with Crippen LogP contribution in [0.25, 0.3) is 0 Å². The van der Waals surface area contributed by atoms with Gasteiger partial charge in [0.05, 0.1) is 1.12 Å². The van der Waals surface area contributed by atoms with Gasteiger partial charge in [0.25, 0.3) is 0 Å². The van der Waals surface area contributed by atoms with Gasteiger partial charge in [-0.05, 0) is 102 Å². The molecule has 1 unspecified atom stereocenters. The molecule has 0 bridgehead atoms. The molecule has 0 saturated carbocycles. The molecule has 0 aliphatic rings. The standard InChI is InChI=1S/C43H4.B2H2S2.BHS/c1-3-5-7-9-11-13-15-17-19-21-23-25-27-29-31-33-35-37-39-41-43-42-40-38-36-34-32-30-28-26-24-22-20-18-16-14-12-10-8-6-4-2;1-4-2-3;1-2/h1H,2H3;3-4H;2H/i1D;3D,4D;2D. The summed E-state index contributed by atoms with van der Waals surface area (Å²) in [5.41, 5.74) is 0. The zero-order valence-corrected chi connectivity index (χ0v) is 27.4. The van der Waals surface area contributed by atoms with Crippen LogP contribution in [0.2, 0.25) is 0 Å². The van der Waals surface area contributed by atoms with Gasteiger partial charge in [-0.1, -0.05) is 5.92 Å². The molecule has 0 saturated heterocycles. The minimum atomic E-state index is -0.915. The maximum atomic E-state index is 6.59. The van der Waals surface area contributed by atoms with Crippen LogP contribution in [0.15, 0.2) is 0 Å². The Hall–Kier alpha value is -8.00. The fraction of sp³-hybridized carbons (Fsp3) is 0.0233. The average Bonchev–Trinajstić information content (AvgIpc) is 3.14. The first-order valence-electron chi connectivity index (χ1n) is 13.4. The molecule has 0 aliphatic carbocycles. The first kappa shape index (κ1) is 37.2. The van der Waals surface area contributed by atoms with E-state index in [4.69, 9.17) is 11.5 Å². The molecule has 0 aromatic carbocycles. The van der Waals surface area contributed by atoms with E-state index in [1.54, 1.807) is 6.92 Å². The van der Waals surface area contributed by atoms with Crippen LogP contribution < -0.4 is 0 Å². The molecule has 0 fully saturated rings. The van der Waals surface area contributed by atoms with E-state index >= 15 is 0 Å². The van der Waals surface area contributed by atoms with Crippen LogP contribution in [0.5, 0.6) is 0 Å². The Balaban J connectivity index is -0.00000246. The first-order chi connectivity index (χ1) is 26.1. The van der Waals surface area contributed by atoms with E-state index in [1.165, 1.54) is 5.84 Å². The zero-order chi connectivity index (χ0) is 39.4. The van der Waals surface area contributed by atoms with Crippen LogP contribution in [0.4, 0.5) is 0 Å². The van der Waals surface area contributed by atoms with Crippen molar-refractivity contribution in [3.8, 4) is 249 Å². The maximum absolute atomic E-state index is 6.59. The van der Waals surface area contributed by atoms with Crippen LogP contribution in [0.1, 0.15) is 8.29 Å². The van der Waals surface area contributed by atoms with Crippen LogP contribution in [0.3, 0.4) is 0 Å². The van der Waals surface area contributed by atoms with Crippen molar-refractivity contribution in [3.05, 3.63) is 0 Å². The molecule has 0 amide bonds. The van der Waals surface area contributed by atoms with Crippen molar-refractivity contribution in [1.29, 1.82) is 3.37 Å². The Bertz CT molecular complexity index is 2580. The Labute approximate surface area is 314 Å². The van der Waals surface area contributed by atoms with Crippen molar-refractivity contribution in [2.45, 2.75) is 6.92 Å². The minimum absolute atomic E-state index is 0.500. The predicted octanol–water partition coefficient (Wildman–Crippen LogP) is 0.707. The van der Waals surface area contributed by atoms with Gasteiger partial charge in [0, 0.05) is 142 Å². The van der Waals surface area contributed by atoms with Crippen molar-refractivity contribution in [1.82, 2.24) is 0 Å². The van der Waals surface area contributed by atoms with E-state index in [1.807, 2.05) is 6.40 Å². The quantitative estimate of drug-likeness (QED) is 0.218. The van der Waals surface area contributed by atoms with E-state index in [9.17, 15) is 0 Å². The fourth-order valence-electron chi connectivity index (χ4n) is 1.25. The number of hydrogen-bond donors (Lipinski definition) is 3. The molecule has 6 heteroatoms. The molecule has 206 valence electrons. The zero-order valence-electron chi connectivity index (χ0n) is 29.0. The van der Waals surface area contributed by atoms with Gasteiger partial charge in [-0.2, -0.15) is 0 Å². The molecule has 0 aliphatic heterocycles. The first-order valence-corrected chi connectivity index (χ1v) is 13.6. The summed E-state index contributed by atoms with van der Waals surface area (Å²) in [6, 6.07) is 0. The van der Waals surface area contributed by atoms with Crippen LogP contribution in [-0.4, -0.2) is 23.1 Å². The van der Waals surface area contributed by atoms with E-state index in [2.05, 4.69) is 250 Å². The van der Waals surface area contributed by atoms with Crippen LogP contribution in [0, 0.1) is 249 Å². The second-order valence-corrected chi connectivity index (χ2v) is 6.52. The van der Waals surface area contributed by atoms with Gasteiger partial charge in [-0.25, -0.2) is 12.4 Å². The van der Waals surface area contributed by atoms with Gasteiger partial charge in [0.15, 0.2) is 7.12 Å². The Morgan fingerprint density at radius 2 is 0.633 bits per heavy atom. The monoisotopic (exact) mass is 656 g/mol. The summed E-state index contributed by atoms with van der Waals surface area (Å²) in [6.07, 6.45) is 1.88. The van der Waals surface area contributed by atoms with Gasteiger partial charge in [0.1, 0.15) is 1.37 Å². The van der Waals surface area contributed by atoms with Crippen LogP contribution >= 0.6 is 35.7 Å². The summed E-state index contributed by atoms with van der Waals surface area (Å²) in [7, 11) is 3.52. The molecular weight excluding hydrogens is 645 g/mol. The molecule has 0 aromatic heterocycles. The number of terminal acetylenes is 1. The van der Waals surface area contributed by atoms with Gasteiger partial charge in [-0.15, -0.1) is 6.40 Å². The van der Waals surface area contributed by atoms with Crippen molar-refractivity contribution in [3.63, 3.8) is 0 Å². The predicted molar refractivity (Wildman–Crippen MR) is 214 cm³/mol. The second kappa shape index (κ2) is 49.7. The van der Waals surface area contributed by atoms with Crippen molar-refractivity contribution < 1.29 is 1.37 Å². The third kappa shape index (κ3) is 53.0. The third-order valence-corrected chi connectivity index (χ3v) is 3.06. The van der Waals surface area contributed by atoms with E-state index in [-0.39, 0.29) is 0 Å². The van der Waals surface area contributed by atoms with Gasteiger partial charge in [0.2, 0.25) is 0 Å². The molecule has 1 atom stereocenters. The second-order valence-electron chi connectivity index (χ2n) is 5.48. The molecule has 0 rings (SSSR count). The summed E-state index contributed by atoms with van der Waals surface area (Å²) in [5, 5.41) is 0. The van der Waals surface area contributed by atoms with Gasteiger partial charge >= 0.3 is 38.1 Å². The Kier molecular flexibility index (Phi) is 37.7. The van der Waals surface area contributed by atoms with Crippen LogP contribution in [-0.2, 0) is 0 Å². The molecule has 0 nitrogen and oxygen atoms in total. The number of rotatable bonds is 2. The van der Waals surface area contributed by atoms with Gasteiger partial charge < -0.3 is 0 Å². The summed E-state index contributed by atoms with van der Waals surface area (Å²) < 4.78 is 25.4. The molecule has 0 aromatic rings. The summed E-state index contributed by atoms with van der Waals surface area (Å²) in [4.78, 5) is 0. The Morgan fingerprint density at radius 1 is 0.449 bits per heavy atom. The fourth-order valence-corrected chi connectivity index (χ4v) is 1.25. The van der Waals surface area contributed by atoms with E-state index < -0.39 is 10.9 Å². The Morgan fingerprint density at radius 3 is 0.755 bits per heavy atom. The van der Waals surface area contributed by atoms with Crippen molar-refractivity contribution in [2.75, 3.05) is 0 Å². The SMILES string of the molecule is [2H]C#CC#CC#CC#CC#CC#CC#CC#CC#CC#CC#CC#CC#CC#CC#CC#CC#CC#CC#CC#CC#CC.[2H]S[B].[2H]S[B]S([2H])=[B]. The number of thiol groups is 3. The third-order valence-electron chi connectivity index (χ3n) is 2.62. The topological polar surface area (TPSA) is 0 Å². The normalized spacial score (nSPS) is 5.63. The van der Waals surface area contributed by atoms with Crippen molar-refractivity contribution >= 4 is 55.4 Å². The molecule has 0 spiro atoms. The van der Waals surface area contributed by atoms with Gasteiger partial charge in [-0.3, -0.25) is 0 Å². The summed E-state index contributed by atoms with van der Waals surface area (Å²) in [6.45, 7) is 6.59. The van der Waals surface area contributed by atoms with E-state index in [0.717, 1.165) is 12.4 Å². The molecule has 0 heterocycles. The summed E-state index contributed by atoms with van der Waals surface area (Å²) >= 11 is 1.23. The van der Waals surface area contributed by atoms with Crippen molar-refractivity contribution in [2.24, 2.45) is 0 Å². The van der Waals surface area contributed by atoms with E-state index in [0.29, 0.717) is 12.4 Å². The molecular formula is C43H7B3S3. The molecule has 49 heavy (non-hydrogen) atoms. The molecule has 4 radical (unpaired) electrons.